The molecule has 0 heterocycles. The van der Waals surface area contributed by atoms with Crippen molar-refractivity contribution in [3.8, 4) is 0 Å². The highest BCUT2D eigenvalue weighted by molar-refractivity contribution is 5.71. The molecule has 0 aliphatic carbocycles. The van der Waals surface area contributed by atoms with Crippen molar-refractivity contribution in [1.82, 2.24) is 0 Å². The molecule has 6 nitrogen and oxygen atoms in total. The molecule has 65 heavy (non-hydrogen) atoms. The Labute approximate surface area is 406 Å². The lowest BCUT2D eigenvalue weighted by molar-refractivity contribution is -0.167. The van der Waals surface area contributed by atoms with Crippen LogP contribution in [0.1, 0.15) is 342 Å². The molecule has 0 spiro atoms. The van der Waals surface area contributed by atoms with E-state index < -0.39 is 6.10 Å². The van der Waals surface area contributed by atoms with Gasteiger partial charge in [0.15, 0.2) is 6.10 Å². The fraction of sp³-hybridized carbons (Fsp3) is 0.949. The molecule has 386 valence electrons. The van der Waals surface area contributed by atoms with Crippen molar-refractivity contribution in [2.45, 2.75) is 348 Å². The first-order valence-electron chi connectivity index (χ1n) is 29.5. The smallest absolute Gasteiger partial charge is 0.306 e. The lowest BCUT2D eigenvalue weighted by Crippen LogP contribution is -2.30. The predicted molar refractivity (Wildman–Crippen MR) is 280 cm³/mol. The molecule has 1 atom stereocenters. The van der Waals surface area contributed by atoms with Crippen molar-refractivity contribution in [2.24, 2.45) is 0 Å². The summed E-state index contributed by atoms with van der Waals surface area (Å²) in [6.45, 7) is 6.65. The number of carbonyl (C=O) groups excluding carboxylic acids is 3. The van der Waals surface area contributed by atoms with Crippen LogP contribution in [0.2, 0.25) is 0 Å². The quantitative estimate of drug-likeness (QED) is 0.0344. The van der Waals surface area contributed by atoms with Crippen LogP contribution in [-0.2, 0) is 28.6 Å². The Morgan fingerprint density at radius 2 is 0.415 bits per heavy atom. The van der Waals surface area contributed by atoms with Crippen LogP contribution in [0, 0.1) is 0 Å². The summed E-state index contributed by atoms with van der Waals surface area (Å²) in [5, 5.41) is 0. The monoisotopic (exact) mass is 919 g/mol. The topological polar surface area (TPSA) is 78.9 Å². The molecule has 0 rings (SSSR count). The van der Waals surface area contributed by atoms with Crippen LogP contribution in [0.15, 0.2) is 0 Å². The summed E-state index contributed by atoms with van der Waals surface area (Å²) in [7, 11) is 0. The van der Waals surface area contributed by atoms with Gasteiger partial charge in [-0.1, -0.05) is 303 Å². The van der Waals surface area contributed by atoms with E-state index in [2.05, 4.69) is 20.8 Å². The van der Waals surface area contributed by atoms with Crippen molar-refractivity contribution in [3.05, 3.63) is 0 Å². The minimum absolute atomic E-state index is 0.0622. The molecule has 0 fully saturated rings. The van der Waals surface area contributed by atoms with E-state index in [1.54, 1.807) is 0 Å². The van der Waals surface area contributed by atoms with Gasteiger partial charge in [-0.15, -0.1) is 0 Å². The lowest BCUT2D eigenvalue weighted by atomic mass is 10.0. The number of rotatable bonds is 55. The molecule has 0 saturated carbocycles. The minimum Gasteiger partial charge on any atom is -0.462 e. The van der Waals surface area contributed by atoms with E-state index >= 15 is 0 Å². The van der Waals surface area contributed by atoms with E-state index in [1.807, 2.05) is 0 Å². The molecule has 0 N–H and O–H groups in total. The van der Waals surface area contributed by atoms with Gasteiger partial charge in [0.1, 0.15) is 13.2 Å². The Kier molecular flexibility index (Phi) is 53.7. The van der Waals surface area contributed by atoms with Gasteiger partial charge in [-0.2, -0.15) is 0 Å². The zero-order valence-electron chi connectivity index (χ0n) is 44.3. The van der Waals surface area contributed by atoms with Gasteiger partial charge >= 0.3 is 17.9 Å². The SMILES string of the molecule is CCCCCCCCCCCCCCCCCCCCCCCCCCCCCCC(=O)OCC(COC(=O)CCCCCCCCC)OC(=O)CCCCCCCCCCCCCC. The standard InChI is InChI=1S/C59H114O6/c1-4-7-10-13-16-18-20-22-23-24-25-26-27-28-29-30-31-32-33-34-35-36-37-39-40-43-46-49-52-58(61)64-55-56(54-63-57(60)51-48-45-42-15-12-9-6-3)65-59(62)53-50-47-44-41-38-21-19-17-14-11-8-5-2/h56H,4-55H2,1-3H3. The average Bonchev–Trinajstić information content (AvgIpc) is 3.30. The molecule has 0 amide bonds. The molecule has 0 aromatic rings. The third kappa shape index (κ3) is 53.2. The van der Waals surface area contributed by atoms with E-state index in [-0.39, 0.29) is 31.1 Å². The third-order valence-corrected chi connectivity index (χ3v) is 13.6. The number of hydrogen-bond donors (Lipinski definition) is 0. The van der Waals surface area contributed by atoms with Gasteiger partial charge in [-0.25, -0.2) is 0 Å². The maximum absolute atomic E-state index is 12.7. The predicted octanol–water partition coefficient (Wildman–Crippen LogP) is 19.5. The molecule has 0 aromatic heterocycles. The molecular formula is C59H114O6. The Bertz CT molecular complexity index is 967. The molecular weight excluding hydrogens is 805 g/mol. The van der Waals surface area contributed by atoms with E-state index in [1.165, 1.54) is 244 Å². The van der Waals surface area contributed by atoms with Gasteiger partial charge < -0.3 is 14.2 Å². The van der Waals surface area contributed by atoms with E-state index in [4.69, 9.17) is 14.2 Å². The van der Waals surface area contributed by atoms with Crippen molar-refractivity contribution in [1.29, 1.82) is 0 Å². The van der Waals surface area contributed by atoms with Crippen LogP contribution >= 0.6 is 0 Å². The maximum Gasteiger partial charge on any atom is 0.306 e. The Balaban J connectivity index is 3.95. The summed E-state index contributed by atoms with van der Waals surface area (Å²) >= 11 is 0. The molecule has 0 bridgehead atoms. The zero-order valence-corrected chi connectivity index (χ0v) is 44.3. The lowest BCUT2D eigenvalue weighted by Gasteiger charge is -2.18. The second kappa shape index (κ2) is 55.0. The minimum atomic E-state index is -0.759. The van der Waals surface area contributed by atoms with Crippen LogP contribution in [-0.4, -0.2) is 37.2 Å². The first-order valence-corrected chi connectivity index (χ1v) is 29.5. The molecule has 0 aliphatic heterocycles. The summed E-state index contributed by atoms with van der Waals surface area (Å²) in [6.07, 6.45) is 61.4. The fourth-order valence-corrected chi connectivity index (χ4v) is 9.15. The average molecular weight is 920 g/mol. The summed E-state index contributed by atoms with van der Waals surface area (Å²) < 4.78 is 16.8. The first-order chi connectivity index (χ1) is 32.0. The highest BCUT2D eigenvalue weighted by Gasteiger charge is 2.19. The zero-order chi connectivity index (χ0) is 47.2. The van der Waals surface area contributed by atoms with Gasteiger partial charge in [-0.3, -0.25) is 14.4 Å². The van der Waals surface area contributed by atoms with Gasteiger partial charge in [0.05, 0.1) is 0 Å². The molecule has 6 heteroatoms. The Hall–Kier alpha value is -1.59. The maximum atomic E-state index is 12.7. The summed E-state index contributed by atoms with van der Waals surface area (Å²) in [5.74, 6) is -0.846. The van der Waals surface area contributed by atoms with E-state index in [0.29, 0.717) is 19.3 Å². The number of hydrogen-bond acceptors (Lipinski definition) is 6. The second-order valence-electron chi connectivity index (χ2n) is 20.3. The molecule has 0 radical (unpaired) electrons. The number of ether oxygens (including phenoxy) is 3. The second-order valence-corrected chi connectivity index (χ2v) is 20.3. The van der Waals surface area contributed by atoms with Gasteiger partial charge in [0, 0.05) is 19.3 Å². The number of esters is 3. The Morgan fingerprint density at radius 1 is 0.246 bits per heavy atom. The first kappa shape index (κ1) is 63.4. The van der Waals surface area contributed by atoms with Gasteiger partial charge in [0.2, 0.25) is 0 Å². The number of carbonyl (C=O) groups is 3. The molecule has 1 unspecified atom stereocenters. The van der Waals surface area contributed by atoms with Crippen molar-refractivity contribution in [3.63, 3.8) is 0 Å². The van der Waals surface area contributed by atoms with Gasteiger partial charge in [0.25, 0.3) is 0 Å². The third-order valence-electron chi connectivity index (χ3n) is 13.6. The Morgan fingerprint density at radius 3 is 0.615 bits per heavy atom. The molecule has 0 aliphatic rings. The van der Waals surface area contributed by atoms with E-state index in [0.717, 1.165) is 57.8 Å². The summed E-state index contributed by atoms with van der Waals surface area (Å²) in [4.78, 5) is 37.8. The van der Waals surface area contributed by atoms with Crippen LogP contribution < -0.4 is 0 Å². The number of unbranched alkanes of at least 4 members (excludes halogenated alkanes) is 44. The highest BCUT2D eigenvalue weighted by Crippen LogP contribution is 2.18. The highest BCUT2D eigenvalue weighted by atomic mass is 16.6. The summed E-state index contributed by atoms with van der Waals surface area (Å²) in [6, 6.07) is 0. The van der Waals surface area contributed by atoms with Crippen molar-refractivity contribution >= 4 is 17.9 Å². The fourth-order valence-electron chi connectivity index (χ4n) is 9.15. The van der Waals surface area contributed by atoms with E-state index in [9.17, 15) is 14.4 Å². The van der Waals surface area contributed by atoms with Crippen LogP contribution in [0.25, 0.3) is 0 Å². The normalized spacial score (nSPS) is 11.9. The van der Waals surface area contributed by atoms with Crippen molar-refractivity contribution in [2.75, 3.05) is 13.2 Å². The van der Waals surface area contributed by atoms with Crippen LogP contribution in [0.4, 0.5) is 0 Å². The van der Waals surface area contributed by atoms with Crippen molar-refractivity contribution < 1.29 is 28.6 Å². The largest absolute Gasteiger partial charge is 0.462 e. The molecule has 0 aromatic carbocycles. The molecule has 0 saturated heterocycles. The van der Waals surface area contributed by atoms with Crippen LogP contribution in [0.3, 0.4) is 0 Å². The summed E-state index contributed by atoms with van der Waals surface area (Å²) in [5.41, 5.74) is 0. The van der Waals surface area contributed by atoms with Gasteiger partial charge in [-0.05, 0) is 19.3 Å². The van der Waals surface area contributed by atoms with Crippen LogP contribution in [0.5, 0.6) is 0 Å².